The minimum Gasteiger partial charge on any atom is -0.480 e. The van der Waals surface area contributed by atoms with Crippen LogP contribution in [0.5, 0.6) is 0 Å². The Morgan fingerprint density at radius 2 is 2.10 bits per heavy atom. The van der Waals surface area contributed by atoms with E-state index in [9.17, 15) is 9.59 Å². The van der Waals surface area contributed by atoms with Crippen molar-refractivity contribution in [2.45, 2.75) is 6.54 Å². The van der Waals surface area contributed by atoms with Gasteiger partial charge in [-0.2, -0.15) is 5.10 Å². The summed E-state index contributed by atoms with van der Waals surface area (Å²) >= 11 is 0. The van der Waals surface area contributed by atoms with Crippen molar-refractivity contribution in [2.24, 2.45) is 0 Å². The van der Waals surface area contributed by atoms with Crippen molar-refractivity contribution in [2.75, 3.05) is 39.8 Å². The van der Waals surface area contributed by atoms with Crippen LogP contribution in [-0.2, 0) is 11.3 Å². The van der Waals surface area contributed by atoms with Crippen LogP contribution in [0.25, 0.3) is 0 Å². The van der Waals surface area contributed by atoms with E-state index in [1.165, 1.54) is 6.33 Å². The fourth-order valence-electron chi connectivity index (χ4n) is 2.13. The average molecular weight is 282 g/mol. The number of nitrogens with one attached hydrogen (secondary N) is 1. The molecule has 0 unspecified atom stereocenters. The van der Waals surface area contributed by atoms with Crippen LogP contribution in [0.3, 0.4) is 0 Å². The number of carboxylic acids is 1. The van der Waals surface area contributed by atoms with Gasteiger partial charge in [0.2, 0.25) is 0 Å². The highest BCUT2D eigenvalue weighted by Crippen LogP contribution is 2.06. The molecule has 2 N–H and O–H groups in total. The maximum Gasteiger partial charge on any atom is 0.320 e. The predicted molar refractivity (Wildman–Crippen MR) is 68.9 cm³/mol. The number of nitrogens with zero attached hydrogens (tertiary/aromatic N) is 5. The Balaban J connectivity index is 1.80. The lowest BCUT2D eigenvalue weighted by atomic mass is 10.3. The Bertz CT molecular complexity index is 455. The van der Waals surface area contributed by atoms with Crippen LogP contribution in [0, 0.1) is 0 Å². The van der Waals surface area contributed by atoms with Gasteiger partial charge in [0, 0.05) is 33.2 Å². The molecule has 1 aliphatic heterocycles. The maximum atomic E-state index is 12.2. The number of hydrogen-bond acceptors (Lipinski definition) is 5. The first-order valence-electron chi connectivity index (χ1n) is 6.34. The van der Waals surface area contributed by atoms with Crippen LogP contribution in [0.4, 0.5) is 4.79 Å². The van der Waals surface area contributed by atoms with Gasteiger partial charge >= 0.3 is 12.0 Å². The summed E-state index contributed by atoms with van der Waals surface area (Å²) in [5.41, 5.74) is 0. The lowest BCUT2D eigenvalue weighted by Gasteiger charge is -2.35. The summed E-state index contributed by atoms with van der Waals surface area (Å²) in [6, 6.07) is -0.0867. The Labute approximate surface area is 116 Å². The van der Waals surface area contributed by atoms with Crippen molar-refractivity contribution in [3.63, 3.8) is 0 Å². The molecule has 0 spiro atoms. The number of aliphatic carboxylic acids is 1. The van der Waals surface area contributed by atoms with Gasteiger partial charge in [0.1, 0.15) is 12.2 Å². The molecule has 110 valence electrons. The van der Waals surface area contributed by atoms with Gasteiger partial charge in [-0.3, -0.25) is 14.8 Å². The molecule has 9 heteroatoms. The summed E-state index contributed by atoms with van der Waals surface area (Å²) in [6.45, 7) is 2.62. The maximum absolute atomic E-state index is 12.2. The van der Waals surface area contributed by atoms with Crippen LogP contribution in [0.1, 0.15) is 5.82 Å². The zero-order valence-corrected chi connectivity index (χ0v) is 11.3. The predicted octanol–water partition coefficient (Wildman–Crippen LogP) is -0.941. The molecule has 0 bridgehead atoms. The molecule has 2 heterocycles. The van der Waals surface area contributed by atoms with Gasteiger partial charge in [-0.1, -0.05) is 0 Å². The van der Waals surface area contributed by atoms with E-state index < -0.39 is 5.97 Å². The van der Waals surface area contributed by atoms with Gasteiger partial charge in [0.15, 0.2) is 0 Å². The highest BCUT2D eigenvalue weighted by Gasteiger charge is 2.24. The van der Waals surface area contributed by atoms with Crippen molar-refractivity contribution < 1.29 is 14.7 Å². The monoisotopic (exact) mass is 282 g/mol. The number of carboxylic acid groups (broad SMARTS) is 1. The lowest BCUT2D eigenvalue weighted by Crippen LogP contribution is -2.52. The van der Waals surface area contributed by atoms with E-state index in [0.29, 0.717) is 38.5 Å². The highest BCUT2D eigenvalue weighted by molar-refractivity contribution is 5.74. The molecule has 9 nitrogen and oxygen atoms in total. The normalized spacial score (nSPS) is 16.1. The molecule has 1 fully saturated rings. The second kappa shape index (κ2) is 6.33. The Hall–Kier alpha value is -2.16. The Kier molecular flexibility index (Phi) is 4.51. The van der Waals surface area contributed by atoms with E-state index in [4.69, 9.17) is 5.11 Å². The molecule has 1 saturated heterocycles. The second-order valence-corrected chi connectivity index (χ2v) is 4.73. The van der Waals surface area contributed by atoms with Crippen molar-refractivity contribution >= 4 is 12.0 Å². The van der Waals surface area contributed by atoms with E-state index in [1.807, 2.05) is 4.90 Å². The van der Waals surface area contributed by atoms with Gasteiger partial charge in [0.25, 0.3) is 0 Å². The fraction of sp³-hybridized carbons (Fsp3) is 0.636. The molecular weight excluding hydrogens is 264 g/mol. The molecule has 1 aromatic rings. The van der Waals surface area contributed by atoms with E-state index in [2.05, 4.69) is 15.2 Å². The number of H-pyrrole nitrogens is 1. The van der Waals surface area contributed by atoms with Gasteiger partial charge < -0.3 is 14.9 Å². The van der Waals surface area contributed by atoms with E-state index >= 15 is 0 Å². The summed E-state index contributed by atoms with van der Waals surface area (Å²) in [7, 11) is 1.70. The average Bonchev–Trinajstić information content (AvgIpc) is 2.91. The zero-order valence-electron chi connectivity index (χ0n) is 11.3. The molecule has 1 aliphatic rings. The van der Waals surface area contributed by atoms with Crippen molar-refractivity contribution in [3.8, 4) is 0 Å². The van der Waals surface area contributed by atoms with Gasteiger partial charge in [-0.15, -0.1) is 0 Å². The van der Waals surface area contributed by atoms with Gasteiger partial charge in [0.05, 0.1) is 13.1 Å². The van der Waals surface area contributed by atoms with Crippen LogP contribution in [0.2, 0.25) is 0 Å². The zero-order chi connectivity index (χ0) is 14.5. The second-order valence-electron chi connectivity index (χ2n) is 4.73. The number of piperazine rings is 1. The molecule has 0 aliphatic carbocycles. The summed E-state index contributed by atoms with van der Waals surface area (Å²) < 4.78 is 0. The number of amides is 2. The van der Waals surface area contributed by atoms with Crippen LogP contribution >= 0.6 is 0 Å². The minimum absolute atomic E-state index is 0.0237. The number of urea groups is 1. The first kappa shape index (κ1) is 14.3. The molecule has 0 aromatic carbocycles. The third-order valence-electron chi connectivity index (χ3n) is 3.18. The van der Waals surface area contributed by atoms with E-state index in [0.717, 1.165) is 0 Å². The third kappa shape index (κ3) is 3.67. The number of aromatic nitrogens is 3. The largest absolute Gasteiger partial charge is 0.480 e. The van der Waals surface area contributed by atoms with E-state index in [-0.39, 0.29) is 12.6 Å². The molecule has 0 radical (unpaired) electrons. The highest BCUT2D eigenvalue weighted by atomic mass is 16.4. The molecule has 20 heavy (non-hydrogen) atoms. The number of carbonyl (C=O) groups excluding carboxylic acids is 1. The standard InChI is InChI=1S/C11H18N6O3/c1-15(6-9-12-8-13-14-9)11(20)17-4-2-16(3-5-17)7-10(18)19/h8H,2-7H2,1H3,(H,18,19)(H,12,13,14). The molecule has 0 atom stereocenters. The summed E-state index contributed by atoms with van der Waals surface area (Å²) in [5.74, 6) is -0.211. The summed E-state index contributed by atoms with van der Waals surface area (Å²) in [6.07, 6.45) is 1.40. The molecule has 2 amide bonds. The summed E-state index contributed by atoms with van der Waals surface area (Å²) in [5, 5.41) is 15.2. The minimum atomic E-state index is -0.841. The van der Waals surface area contributed by atoms with Crippen LogP contribution < -0.4 is 0 Å². The molecule has 2 rings (SSSR count). The SMILES string of the molecule is CN(Cc1ncn[nH]1)C(=O)N1CCN(CC(=O)O)CC1. The third-order valence-corrected chi connectivity index (χ3v) is 3.18. The van der Waals surface area contributed by atoms with Crippen molar-refractivity contribution in [3.05, 3.63) is 12.2 Å². The number of carbonyl (C=O) groups is 2. The topological polar surface area (TPSA) is 106 Å². The first-order valence-corrected chi connectivity index (χ1v) is 6.34. The smallest absolute Gasteiger partial charge is 0.320 e. The number of aromatic amines is 1. The van der Waals surface area contributed by atoms with E-state index in [1.54, 1.807) is 16.8 Å². The fourth-order valence-corrected chi connectivity index (χ4v) is 2.13. The van der Waals surface area contributed by atoms with Gasteiger partial charge in [-0.05, 0) is 0 Å². The number of hydrogen-bond donors (Lipinski definition) is 2. The Morgan fingerprint density at radius 1 is 1.40 bits per heavy atom. The first-order chi connectivity index (χ1) is 9.56. The van der Waals surface area contributed by atoms with Crippen molar-refractivity contribution in [1.82, 2.24) is 29.9 Å². The lowest BCUT2D eigenvalue weighted by molar-refractivity contribution is -0.138. The number of rotatable bonds is 4. The Morgan fingerprint density at radius 3 is 2.65 bits per heavy atom. The molecular formula is C11H18N6O3. The van der Waals surface area contributed by atoms with Crippen molar-refractivity contribution in [1.29, 1.82) is 0 Å². The quantitative estimate of drug-likeness (QED) is 0.738. The van der Waals surface area contributed by atoms with Crippen LogP contribution in [-0.4, -0.2) is 86.8 Å². The van der Waals surface area contributed by atoms with Gasteiger partial charge in [-0.25, -0.2) is 9.78 Å². The molecule has 0 saturated carbocycles. The van der Waals surface area contributed by atoms with Crippen LogP contribution in [0.15, 0.2) is 6.33 Å². The molecule has 1 aromatic heterocycles. The summed E-state index contributed by atoms with van der Waals surface area (Å²) in [4.78, 5) is 31.9.